The fraction of sp³-hybridized carbons (Fsp3) is 0.260. The minimum Gasteiger partial charge on any atom is -0.254 e. The zero-order valence-electron chi connectivity index (χ0n) is 44.8. The van der Waals surface area contributed by atoms with Gasteiger partial charge >= 0.3 is 0 Å². The third kappa shape index (κ3) is 10.6. The Labute approximate surface area is 447 Å². The minimum absolute atomic E-state index is 0.0217. The number of fused-ring (bicyclic) bond motifs is 6. The van der Waals surface area contributed by atoms with E-state index in [0.717, 1.165) is 33.1 Å². The fourth-order valence-electron chi connectivity index (χ4n) is 12.2. The Bertz CT molecular complexity index is 3550. The van der Waals surface area contributed by atoms with E-state index >= 15 is 0 Å². The molecule has 0 N–H and O–H groups in total. The summed E-state index contributed by atoms with van der Waals surface area (Å²) >= 11 is 0. The summed E-state index contributed by atoms with van der Waals surface area (Å²) < 4.78 is 0. The normalized spacial score (nSPS) is 12.6. The molecule has 0 amide bonds. The standard InChI is InChI=1S/C73H72N2/c1-5-7-9-11-13-15-43-73(44-16-14-12-10-8-6-2)68-49-62(57-29-23-54(24-30-57)53-21-19-51(3)20-22-53)37-40-66(68)67-41-38-63(50-69(67)73)58-31-25-55(26-32-58)56-27-33-59(34-28-56)64-46-52(4)47-65(48-64)70-42-39-61-36-35-60-18-17-45-74-71(60)72(61)75-70/h17-42,45-50H,5-16,43-44H2,1-4H3. The molecular weight excluding hydrogens is 905 g/mol. The highest BCUT2D eigenvalue weighted by Gasteiger charge is 2.42. The molecule has 374 valence electrons. The lowest BCUT2D eigenvalue weighted by atomic mass is 9.70. The van der Waals surface area contributed by atoms with Crippen LogP contribution in [0.4, 0.5) is 0 Å². The zero-order chi connectivity index (χ0) is 51.1. The summed E-state index contributed by atoms with van der Waals surface area (Å²) in [5.74, 6) is 0. The number of benzene rings is 8. The van der Waals surface area contributed by atoms with Crippen molar-refractivity contribution in [2.24, 2.45) is 0 Å². The van der Waals surface area contributed by atoms with Crippen LogP contribution in [0.5, 0.6) is 0 Å². The number of nitrogens with zero attached hydrogens (tertiary/aromatic N) is 2. The van der Waals surface area contributed by atoms with Crippen LogP contribution in [0.2, 0.25) is 0 Å². The molecule has 2 heteroatoms. The van der Waals surface area contributed by atoms with Crippen molar-refractivity contribution in [2.75, 3.05) is 0 Å². The predicted octanol–water partition coefficient (Wildman–Crippen LogP) is 21.2. The van der Waals surface area contributed by atoms with Gasteiger partial charge in [-0.05, 0) is 147 Å². The molecule has 0 fully saturated rings. The molecule has 2 aromatic heterocycles. The minimum atomic E-state index is -0.0217. The highest BCUT2D eigenvalue weighted by atomic mass is 14.8. The van der Waals surface area contributed by atoms with Crippen LogP contribution in [0.1, 0.15) is 126 Å². The van der Waals surface area contributed by atoms with Crippen molar-refractivity contribution >= 4 is 21.8 Å². The van der Waals surface area contributed by atoms with Crippen LogP contribution in [0.3, 0.4) is 0 Å². The number of hydrogen-bond donors (Lipinski definition) is 0. The van der Waals surface area contributed by atoms with Crippen molar-refractivity contribution in [3.8, 4) is 78.0 Å². The lowest BCUT2D eigenvalue weighted by Gasteiger charge is -2.33. The van der Waals surface area contributed by atoms with Crippen LogP contribution in [0.25, 0.3) is 99.8 Å². The summed E-state index contributed by atoms with van der Waals surface area (Å²) in [5.41, 5.74) is 25.0. The predicted molar refractivity (Wildman–Crippen MR) is 321 cm³/mol. The van der Waals surface area contributed by atoms with Gasteiger partial charge in [0.2, 0.25) is 0 Å². The van der Waals surface area contributed by atoms with Crippen LogP contribution >= 0.6 is 0 Å². The van der Waals surface area contributed by atoms with Gasteiger partial charge in [0.05, 0.1) is 16.7 Å². The Morgan fingerprint density at radius 3 is 1.27 bits per heavy atom. The van der Waals surface area contributed by atoms with Crippen molar-refractivity contribution in [3.05, 3.63) is 217 Å². The third-order valence-corrected chi connectivity index (χ3v) is 16.5. The second-order valence-electron chi connectivity index (χ2n) is 21.7. The lowest BCUT2D eigenvalue weighted by Crippen LogP contribution is -2.25. The van der Waals surface area contributed by atoms with E-state index in [1.807, 2.05) is 12.3 Å². The van der Waals surface area contributed by atoms with Gasteiger partial charge in [-0.25, -0.2) is 4.98 Å². The molecule has 0 saturated heterocycles. The van der Waals surface area contributed by atoms with Crippen LogP contribution in [-0.4, -0.2) is 9.97 Å². The average Bonchev–Trinajstić information content (AvgIpc) is 3.72. The molecule has 11 rings (SSSR count). The topological polar surface area (TPSA) is 25.8 Å². The van der Waals surface area contributed by atoms with E-state index in [-0.39, 0.29) is 5.41 Å². The van der Waals surface area contributed by atoms with Crippen molar-refractivity contribution in [2.45, 2.75) is 123 Å². The molecule has 0 radical (unpaired) electrons. The van der Waals surface area contributed by atoms with Gasteiger partial charge in [-0.2, -0.15) is 0 Å². The second kappa shape index (κ2) is 22.6. The monoisotopic (exact) mass is 977 g/mol. The number of hydrogen-bond acceptors (Lipinski definition) is 2. The molecular formula is C73H72N2. The maximum atomic E-state index is 5.17. The van der Waals surface area contributed by atoms with Crippen LogP contribution in [-0.2, 0) is 5.41 Å². The smallest absolute Gasteiger partial charge is 0.0972 e. The Hall–Kier alpha value is -7.42. The molecule has 1 aliphatic carbocycles. The Kier molecular flexibility index (Phi) is 15.0. The van der Waals surface area contributed by atoms with Crippen molar-refractivity contribution in [1.82, 2.24) is 9.97 Å². The van der Waals surface area contributed by atoms with Crippen LogP contribution < -0.4 is 0 Å². The summed E-state index contributed by atoms with van der Waals surface area (Å²) in [7, 11) is 0. The van der Waals surface area contributed by atoms with E-state index in [0.29, 0.717) is 0 Å². The summed E-state index contributed by atoms with van der Waals surface area (Å²) in [5, 5.41) is 2.21. The second-order valence-corrected chi connectivity index (χ2v) is 21.7. The lowest BCUT2D eigenvalue weighted by molar-refractivity contribution is 0.398. The van der Waals surface area contributed by atoms with Gasteiger partial charge in [0.25, 0.3) is 0 Å². The number of unbranched alkanes of at least 4 members (excludes halogenated alkanes) is 10. The number of pyridine rings is 2. The summed E-state index contributed by atoms with van der Waals surface area (Å²) in [6.45, 7) is 8.98. The molecule has 0 saturated carbocycles. The highest BCUT2D eigenvalue weighted by Crippen LogP contribution is 2.56. The molecule has 75 heavy (non-hydrogen) atoms. The Morgan fingerprint density at radius 2 is 0.747 bits per heavy atom. The quantitative estimate of drug-likeness (QED) is 0.0562. The summed E-state index contributed by atoms with van der Waals surface area (Å²) in [4.78, 5) is 9.87. The summed E-state index contributed by atoms with van der Waals surface area (Å²) in [6, 6.07) is 70.9. The first-order chi connectivity index (χ1) is 36.9. The van der Waals surface area contributed by atoms with Gasteiger partial charge in [0.15, 0.2) is 0 Å². The highest BCUT2D eigenvalue weighted by molar-refractivity contribution is 6.03. The number of aryl methyl sites for hydroxylation is 2. The van der Waals surface area contributed by atoms with Crippen molar-refractivity contribution in [1.29, 1.82) is 0 Å². The molecule has 1 aliphatic rings. The first kappa shape index (κ1) is 49.8. The maximum Gasteiger partial charge on any atom is 0.0972 e. The molecule has 2 nitrogen and oxygen atoms in total. The Morgan fingerprint density at radius 1 is 0.333 bits per heavy atom. The van der Waals surface area contributed by atoms with Gasteiger partial charge in [-0.3, -0.25) is 4.98 Å². The maximum absolute atomic E-state index is 5.17. The molecule has 0 atom stereocenters. The first-order valence-electron chi connectivity index (χ1n) is 28.3. The molecule has 0 unspecified atom stereocenters. The number of rotatable bonds is 20. The molecule has 10 aromatic rings. The Balaban J connectivity index is 0.882. The van der Waals surface area contributed by atoms with E-state index in [4.69, 9.17) is 9.97 Å². The molecule has 0 bridgehead atoms. The van der Waals surface area contributed by atoms with Crippen molar-refractivity contribution in [3.63, 3.8) is 0 Å². The van der Waals surface area contributed by atoms with E-state index in [2.05, 4.69) is 210 Å². The zero-order valence-corrected chi connectivity index (χ0v) is 44.8. The largest absolute Gasteiger partial charge is 0.254 e. The third-order valence-electron chi connectivity index (χ3n) is 16.5. The molecule has 2 heterocycles. The summed E-state index contributed by atoms with van der Waals surface area (Å²) in [6.07, 6.45) is 20.0. The van der Waals surface area contributed by atoms with E-state index in [1.54, 1.807) is 11.1 Å². The van der Waals surface area contributed by atoms with Crippen molar-refractivity contribution < 1.29 is 0 Å². The van der Waals surface area contributed by atoms with Gasteiger partial charge in [0.1, 0.15) is 0 Å². The fourth-order valence-corrected chi connectivity index (χ4v) is 12.2. The SMILES string of the molecule is CCCCCCCCC1(CCCCCCCC)c2cc(-c3ccc(-c4ccc(C)cc4)cc3)ccc2-c2ccc(-c3ccc(-c4ccc(-c5cc(C)cc(-c6ccc7ccc8cccnc8c7n6)c5)cc4)cc3)cc21. The van der Waals surface area contributed by atoms with Gasteiger partial charge in [-0.1, -0.05) is 248 Å². The van der Waals surface area contributed by atoms with Gasteiger partial charge < -0.3 is 0 Å². The first-order valence-corrected chi connectivity index (χ1v) is 28.3. The average molecular weight is 977 g/mol. The van der Waals surface area contributed by atoms with Crippen LogP contribution in [0, 0.1) is 13.8 Å². The molecule has 0 aliphatic heterocycles. The van der Waals surface area contributed by atoms with E-state index in [1.165, 1.54) is 168 Å². The van der Waals surface area contributed by atoms with Gasteiger partial charge in [-0.15, -0.1) is 0 Å². The molecule has 8 aromatic carbocycles. The van der Waals surface area contributed by atoms with E-state index < -0.39 is 0 Å². The van der Waals surface area contributed by atoms with E-state index in [9.17, 15) is 0 Å². The van der Waals surface area contributed by atoms with Crippen LogP contribution in [0.15, 0.2) is 194 Å². The molecule has 0 spiro atoms. The number of aromatic nitrogens is 2. The van der Waals surface area contributed by atoms with Gasteiger partial charge in [0, 0.05) is 27.9 Å².